The van der Waals surface area contributed by atoms with Crippen molar-refractivity contribution in [1.29, 1.82) is 0 Å². The van der Waals surface area contributed by atoms with E-state index in [1.54, 1.807) is 24.3 Å². The minimum Gasteiger partial charge on any atom is -0.493 e. The zero-order chi connectivity index (χ0) is 18.1. The molecule has 6 nitrogen and oxygen atoms in total. The van der Waals surface area contributed by atoms with Crippen molar-refractivity contribution >= 4 is 17.8 Å². The van der Waals surface area contributed by atoms with Crippen molar-refractivity contribution in [3.05, 3.63) is 64.7 Å². The van der Waals surface area contributed by atoms with Crippen LogP contribution in [0.3, 0.4) is 0 Å². The number of nitrogens with zero attached hydrogens (tertiary/aromatic N) is 1. The fraction of sp³-hybridized carbons (Fsp3) is 0.250. The summed E-state index contributed by atoms with van der Waals surface area (Å²) in [6.45, 7) is 0.735. The Labute approximate surface area is 150 Å². The molecule has 2 aliphatic rings. The van der Waals surface area contributed by atoms with Gasteiger partial charge in [0.25, 0.3) is 11.8 Å². The van der Waals surface area contributed by atoms with E-state index in [0.29, 0.717) is 11.5 Å². The van der Waals surface area contributed by atoms with Gasteiger partial charge in [0.1, 0.15) is 5.75 Å². The molecule has 0 fully saturated rings. The standard InChI is InChI=1S/C20H17NO5/c22-18(10-8-13-7-9-17-14(12-13)4-3-11-25-17)26-21-19(23)15-5-1-2-6-16(15)20(21)24/h1-2,5-7,9,12H,3-4,8,10-11H2. The van der Waals surface area contributed by atoms with E-state index >= 15 is 0 Å². The van der Waals surface area contributed by atoms with Gasteiger partial charge in [0, 0.05) is 0 Å². The van der Waals surface area contributed by atoms with Gasteiger partial charge in [-0.25, -0.2) is 4.79 Å². The summed E-state index contributed by atoms with van der Waals surface area (Å²) >= 11 is 0. The molecule has 0 bridgehead atoms. The number of fused-ring (bicyclic) bond motifs is 2. The second-order valence-electron chi connectivity index (χ2n) is 6.31. The molecule has 6 heteroatoms. The van der Waals surface area contributed by atoms with Crippen molar-refractivity contribution < 1.29 is 24.0 Å². The highest BCUT2D eigenvalue weighted by atomic mass is 16.7. The van der Waals surface area contributed by atoms with Crippen LogP contribution in [0, 0.1) is 0 Å². The first-order chi connectivity index (χ1) is 12.6. The summed E-state index contributed by atoms with van der Waals surface area (Å²) < 4.78 is 5.57. The summed E-state index contributed by atoms with van der Waals surface area (Å²) in [6, 6.07) is 12.3. The Hall–Kier alpha value is -3.15. The number of ether oxygens (including phenoxy) is 1. The molecule has 0 N–H and O–H groups in total. The smallest absolute Gasteiger partial charge is 0.333 e. The number of hydroxylamine groups is 2. The predicted molar refractivity (Wildman–Crippen MR) is 91.6 cm³/mol. The molecular weight excluding hydrogens is 334 g/mol. The third kappa shape index (κ3) is 2.94. The number of rotatable bonds is 4. The highest BCUT2D eigenvalue weighted by Gasteiger charge is 2.38. The first-order valence-electron chi connectivity index (χ1n) is 8.57. The molecule has 0 aliphatic carbocycles. The number of carbonyl (C=O) groups excluding carboxylic acids is 3. The number of hydrogen-bond acceptors (Lipinski definition) is 5. The normalized spacial score (nSPS) is 15.3. The Balaban J connectivity index is 1.38. The molecular formula is C20H17NO5. The van der Waals surface area contributed by atoms with E-state index in [-0.39, 0.29) is 17.5 Å². The van der Waals surface area contributed by atoms with E-state index in [9.17, 15) is 14.4 Å². The molecule has 0 saturated heterocycles. The van der Waals surface area contributed by atoms with Crippen molar-refractivity contribution in [2.24, 2.45) is 0 Å². The molecule has 0 spiro atoms. The van der Waals surface area contributed by atoms with Crippen LogP contribution in [0.4, 0.5) is 0 Å². The molecule has 0 saturated carbocycles. The number of carbonyl (C=O) groups is 3. The van der Waals surface area contributed by atoms with Gasteiger partial charge in [-0.3, -0.25) is 9.59 Å². The van der Waals surface area contributed by atoms with Gasteiger partial charge >= 0.3 is 5.97 Å². The van der Waals surface area contributed by atoms with Crippen LogP contribution in [0.25, 0.3) is 0 Å². The molecule has 2 amide bonds. The van der Waals surface area contributed by atoms with Crippen LogP contribution in [0.2, 0.25) is 0 Å². The minimum absolute atomic E-state index is 0.0764. The van der Waals surface area contributed by atoms with E-state index in [2.05, 4.69) is 0 Å². The number of amides is 2. The summed E-state index contributed by atoms with van der Waals surface area (Å²) in [6.07, 6.45) is 2.49. The van der Waals surface area contributed by atoms with Gasteiger partial charge in [-0.2, -0.15) is 0 Å². The number of aryl methyl sites for hydroxylation is 2. The molecule has 2 heterocycles. The Kier molecular flexibility index (Phi) is 4.16. The van der Waals surface area contributed by atoms with E-state index in [1.807, 2.05) is 18.2 Å². The molecule has 0 aromatic heterocycles. The van der Waals surface area contributed by atoms with Crippen molar-refractivity contribution in [2.75, 3.05) is 6.61 Å². The molecule has 2 aromatic carbocycles. The highest BCUT2D eigenvalue weighted by molar-refractivity contribution is 6.20. The van der Waals surface area contributed by atoms with Crippen LogP contribution in [-0.2, 0) is 22.5 Å². The van der Waals surface area contributed by atoms with Crippen molar-refractivity contribution in [1.82, 2.24) is 5.06 Å². The molecule has 0 radical (unpaired) electrons. The average Bonchev–Trinajstić information content (AvgIpc) is 2.91. The van der Waals surface area contributed by atoms with Crippen molar-refractivity contribution in [3.63, 3.8) is 0 Å². The molecule has 26 heavy (non-hydrogen) atoms. The van der Waals surface area contributed by atoms with Gasteiger partial charge in [-0.05, 0) is 48.6 Å². The van der Waals surface area contributed by atoms with Gasteiger partial charge in [0.2, 0.25) is 0 Å². The Morgan fingerprint density at radius 3 is 2.54 bits per heavy atom. The zero-order valence-corrected chi connectivity index (χ0v) is 14.1. The van der Waals surface area contributed by atoms with Gasteiger partial charge in [0.05, 0.1) is 24.2 Å². The third-order valence-electron chi connectivity index (χ3n) is 4.54. The molecule has 2 aromatic rings. The highest BCUT2D eigenvalue weighted by Crippen LogP contribution is 2.26. The lowest BCUT2D eigenvalue weighted by Crippen LogP contribution is -2.32. The van der Waals surface area contributed by atoms with Crippen LogP contribution in [0.15, 0.2) is 42.5 Å². The SMILES string of the molecule is O=C(CCc1ccc2c(c1)CCCO2)ON1C(=O)c2ccccc2C1=O. The van der Waals surface area contributed by atoms with Gasteiger partial charge < -0.3 is 9.57 Å². The van der Waals surface area contributed by atoms with Crippen LogP contribution >= 0.6 is 0 Å². The quantitative estimate of drug-likeness (QED) is 0.792. The largest absolute Gasteiger partial charge is 0.493 e. The fourth-order valence-electron chi connectivity index (χ4n) is 3.21. The maximum Gasteiger partial charge on any atom is 0.333 e. The zero-order valence-electron chi connectivity index (χ0n) is 14.1. The maximum absolute atomic E-state index is 12.2. The van der Waals surface area contributed by atoms with Crippen molar-refractivity contribution in [3.8, 4) is 5.75 Å². The molecule has 2 aliphatic heterocycles. The van der Waals surface area contributed by atoms with E-state index in [1.165, 1.54) is 0 Å². The molecule has 0 unspecified atom stereocenters. The van der Waals surface area contributed by atoms with Crippen molar-refractivity contribution in [2.45, 2.75) is 25.7 Å². The predicted octanol–water partition coefficient (Wildman–Crippen LogP) is 2.70. The summed E-state index contributed by atoms with van der Waals surface area (Å²) in [5.74, 6) is -0.933. The number of imide groups is 1. The summed E-state index contributed by atoms with van der Waals surface area (Å²) in [5, 5.41) is 0.549. The lowest BCUT2D eigenvalue weighted by atomic mass is 10.0. The maximum atomic E-state index is 12.2. The minimum atomic E-state index is -0.617. The van der Waals surface area contributed by atoms with Gasteiger partial charge in [0.15, 0.2) is 0 Å². The van der Waals surface area contributed by atoms with E-state index in [4.69, 9.17) is 9.57 Å². The first kappa shape index (κ1) is 16.3. The molecule has 4 rings (SSSR count). The number of hydrogen-bond donors (Lipinski definition) is 0. The Bertz CT molecular complexity index is 870. The second-order valence-corrected chi connectivity index (χ2v) is 6.31. The molecule has 0 atom stereocenters. The van der Waals surface area contributed by atoms with Crippen LogP contribution in [0.1, 0.15) is 44.7 Å². The number of benzene rings is 2. The Morgan fingerprint density at radius 2 is 1.81 bits per heavy atom. The van der Waals surface area contributed by atoms with Crippen LogP contribution < -0.4 is 4.74 Å². The third-order valence-corrected chi connectivity index (χ3v) is 4.54. The lowest BCUT2D eigenvalue weighted by Gasteiger charge is -2.18. The Morgan fingerprint density at radius 1 is 1.08 bits per heavy atom. The summed E-state index contributed by atoms with van der Waals surface area (Å²) in [5.41, 5.74) is 2.64. The van der Waals surface area contributed by atoms with Crippen LogP contribution in [-0.4, -0.2) is 29.5 Å². The molecule has 132 valence electrons. The van der Waals surface area contributed by atoms with Gasteiger partial charge in [-0.1, -0.05) is 29.3 Å². The summed E-state index contributed by atoms with van der Waals surface area (Å²) in [7, 11) is 0. The topological polar surface area (TPSA) is 72.9 Å². The lowest BCUT2D eigenvalue weighted by molar-refractivity contribution is -0.168. The first-order valence-corrected chi connectivity index (χ1v) is 8.57. The van der Waals surface area contributed by atoms with Crippen LogP contribution in [0.5, 0.6) is 5.75 Å². The van der Waals surface area contributed by atoms with E-state index in [0.717, 1.165) is 36.3 Å². The average molecular weight is 351 g/mol. The second kappa shape index (κ2) is 6.63. The monoisotopic (exact) mass is 351 g/mol. The van der Waals surface area contributed by atoms with Gasteiger partial charge in [-0.15, -0.1) is 0 Å². The van der Waals surface area contributed by atoms with E-state index < -0.39 is 17.8 Å². The fourth-order valence-corrected chi connectivity index (χ4v) is 3.21. The summed E-state index contributed by atoms with van der Waals surface area (Å²) in [4.78, 5) is 41.5.